The molecule has 1 N–H and O–H groups in total. The maximum absolute atomic E-state index is 13.2. The van der Waals surface area contributed by atoms with Gasteiger partial charge in [-0.1, -0.05) is 24.3 Å². The van der Waals surface area contributed by atoms with E-state index >= 15 is 0 Å². The van der Waals surface area contributed by atoms with Crippen molar-refractivity contribution in [2.75, 3.05) is 14.2 Å². The highest BCUT2D eigenvalue weighted by Gasteiger charge is 2.52. The first-order valence-electron chi connectivity index (χ1n) is 25.3. The van der Waals surface area contributed by atoms with Crippen LogP contribution >= 0.6 is 0 Å². The fraction of sp³-hybridized carbons (Fsp3) is 0.206. The van der Waals surface area contributed by atoms with Crippen LogP contribution < -0.4 is 5.46 Å². The summed E-state index contributed by atoms with van der Waals surface area (Å²) < 4.78 is 101. The molecule has 422 valence electrons. The van der Waals surface area contributed by atoms with Crippen molar-refractivity contribution >= 4 is 30.5 Å². The first-order chi connectivity index (χ1) is 39.0. The van der Waals surface area contributed by atoms with E-state index in [0.717, 1.165) is 69.8 Å². The Morgan fingerprint density at radius 1 is 0.506 bits per heavy atom. The second-order valence-corrected chi connectivity index (χ2v) is 20.2. The molecular weight excluding hydrogens is 1080 g/mol. The minimum absolute atomic E-state index is 0.00814. The van der Waals surface area contributed by atoms with Gasteiger partial charge in [-0.2, -0.15) is 36.9 Å². The van der Waals surface area contributed by atoms with Gasteiger partial charge >= 0.3 is 37.4 Å². The lowest BCUT2D eigenvalue weighted by atomic mass is 9.77. The van der Waals surface area contributed by atoms with E-state index in [4.69, 9.17) is 18.8 Å². The molecule has 1 aliphatic rings. The minimum atomic E-state index is -4.59. The molecule has 1 saturated heterocycles. The van der Waals surface area contributed by atoms with Crippen LogP contribution in [-0.4, -0.2) is 70.5 Å². The number of carbonyl (C=O) groups excluding carboxylic acids is 2. The molecule has 20 heteroatoms. The third-order valence-electron chi connectivity index (χ3n) is 13.6. The number of rotatable bonds is 9. The molecule has 0 atom stereocenters. The summed E-state index contributed by atoms with van der Waals surface area (Å²) in [4.78, 5) is 48.8. The molecule has 9 rings (SSSR count). The summed E-state index contributed by atoms with van der Waals surface area (Å²) in [5.74, 6) is -2.29. The molecule has 83 heavy (non-hydrogen) atoms. The van der Waals surface area contributed by atoms with Crippen molar-refractivity contribution in [1.82, 2.24) is 15.0 Å². The Labute approximate surface area is 474 Å². The predicted molar refractivity (Wildman–Crippen MR) is 299 cm³/mol. The summed E-state index contributed by atoms with van der Waals surface area (Å²) in [5.41, 5.74) is 5.61. The fourth-order valence-electron chi connectivity index (χ4n) is 8.40. The number of esters is 2. The molecule has 5 aromatic carbocycles. The number of hydrogen-bond donors (Lipinski definition) is 1. The normalized spacial score (nSPS) is 13.2. The fourth-order valence-corrected chi connectivity index (χ4v) is 8.40. The van der Waals surface area contributed by atoms with Gasteiger partial charge in [-0.25, -0.2) is 14.4 Å². The molecule has 3 aromatic heterocycles. The standard InChI is InChI=1S/C22H15F3N2O2.C21H13F3N2O2.C20H24BNO4/c1-13-3-6-20(27-12-13)16-7-15(8-17(9-16)21(28)29-2)19-10-18(22(23,24)25)5-4-14(19)11-26;1-12-2-5-19(26-11-12)15-6-14(7-16(8-15)20(27)28)18-9-17(21(22,23)24)4-3-13(18)10-25;1-13-7-8-17(22-12-13)14-9-15(18(23)24-6)11-16(10-14)21-25-19(2,3)20(4,5)26-21/h3-10,12H,1-2H3;2-9,11H,1H3,(H,27,28);7-12H,1-6H3. The predicted octanol–water partition coefficient (Wildman–Crippen LogP) is 13.9. The summed E-state index contributed by atoms with van der Waals surface area (Å²) in [6, 6.07) is 34.6. The largest absolute Gasteiger partial charge is 0.494 e. The summed E-state index contributed by atoms with van der Waals surface area (Å²) in [6.45, 7) is 13.7. The molecule has 0 unspecified atom stereocenters. The highest BCUT2D eigenvalue weighted by Crippen LogP contribution is 2.39. The van der Waals surface area contributed by atoms with Gasteiger partial charge in [0.2, 0.25) is 0 Å². The number of carboxylic acids is 1. The second-order valence-electron chi connectivity index (χ2n) is 20.2. The van der Waals surface area contributed by atoms with Crippen LogP contribution in [0.3, 0.4) is 0 Å². The number of aryl methyl sites for hydroxylation is 3. The van der Waals surface area contributed by atoms with Crippen molar-refractivity contribution < 1.29 is 64.6 Å². The van der Waals surface area contributed by atoms with E-state index in [0.29, 0.717) is 28.1 Å². The Morgan fingerprint density at radius 2 is 0.855 bits per heavy atom. The number of halogens is 6. The summed E-state index contributed by atoms with van der Waals surface area (Å²) in [5, 5.41) is 28.1. The van der Waals surface area contributed by atoms with E-state index in [2.05, 4.69) is 15.0 Å². The van der Waals surface area contributed by atoms with E-state index < -0.39 is 59.7 Å². The lowest BCUT2D eigenvalue weighted by molar-refractivity contribution is -0.138. The van der Waals surface area contributed by atoms with Gasteiger partial charge < -0.3 is 23.9 Å². The van der Waals surface area contributed by atoms with Gasteiger partial charge in [0.05, 0.1) is 93.6 Å². The Morgan fingerprint density at radius 3 is 1.19 bits per heavy atom. The van der Waals surface area contributed by atoms with Crippen molar-refractivity contribution in [3.05, 3.63) is 202 Å². The molecule has 1 fully saturated rings. The molecule has 0 amide bonds. The van der Waals surface area contributed by atoms with E-state index in [1.54, 1.807) is 61.1 Å². The topological polar surface area (TPSA) is 195 Å². The molecule has 1 aliphatic heterocycles. The number of aromatic carboxylic acids is 1. The van der Waals surface area contributed by atoms with Gasteiger partial charge in [0.15, 0.2) is 0 Å². The molecule has 0 spiro atoms. The number of aromatic nitrogens is 3. The molecule has 13 nitrogen and oxygen atoms in total. The second kappa shape index (κ2) is 24.7. The van der Waals surface area contributed by atoms with Crippen LogP contribution in [0.2, 0.25) is 0 Å². The molecule has 0 aliphatic carbocycles. The van der Waals surface area contributed by atoms with Gasteiger partial charge in [-0.15, -0.1) is 0 Å². The highest BCUT2D eigenvalue weighted by molar-refractivity contribution is 6.62. The van der Waals surface area contributed by atoms with Gasteiger partial charge in [0, 0.05) is 46.4 Å². The van der Waals surface area contributed by atoms with Crippen LogP contribution in [0.25, 0.3) is 56.0 Å². The van der Waals surface area contributed by atoms with Crippen LogP contribution in [0.5, 0.6) is 0 Å². The molecule has 8 aromatic rings. The van der Waals surface area contributed by atoms with E-state index in [9.17, 15) is 56.4 Å². The summed E-state index contributed by atoms with van der Waals surface area (Å²) in [6.07, 6.45) is -4.11. The monoisotopic (exact) mass is 1130 g/mol. The Bertz CT molecular complexity index is 3820. The quantitative estimate of drug-likeness (QED) is 0.0815. The van der Waals surface area contributed by atoms with E-state index in [-0.39, 0.29) is 44.5 Å². The average molecular weight is 1130 g/mol. The number of nitrogens with zero attached hydrogens (tertiary/aromatic N) is 5. The van der Waals surface area contributed by atoms with Crippen molar-refractivity contribution in [3.8, 4) is 68.2 Å². The van der Waals surface area contributed by atoms with Crippen molar-refractivity contribution in [3.63, 3.8) is 0 Å². The zero-order valence-corrected chi connectivity index (χ0v) is 46.2. The smallest absolute Gasteiger partial charge is 0.478 e. The number of ether oxygens (including phenoxy) is 2. The van der Waals surface area contributed by atoms with Crippen LogP contribution in [-0.2, 0) is 31.1 Å². The molecule has 0 radical (unpaired) electrons. The number of pyridine rings is 3. The number of alkyl halides is 6. The van der Waals surface area contributed by atoms with Gasteiger partial charge in [0.25, 0.3) is 0 Å². The van der Waals surface area contributed by atoms with E-state index in [1.165, 1.54) is 38.5 Å². The number of benzene rings is 5. The Balaban J connectivity index is 0.000000179. The number of nitriles is 2. The Hall–Kier alpha value is -9.50. The van der Waals surface area contributed by atoms with Gasteiger partial charge in [-0.05, 0) is 185 Å². The number of hydrogen-bond acceptors (Lipinski definition) is 12. The maximum atomic E-state index is 13.2. The number of methoxy groups -OCH3 is 2. The molecular formula is C63H52BF6N5O8. The van der Waals surface area contributed by atoms with Gasteiger partial charge in [-0.3, -0.25) is 15.0 Å². The zero-order valence-electron chi connectivity index (χ0n) is 46.2. The third-order valence-corrected chi connectivity index (χ3v) is 13.6. The van der Waals surface area contributed by atoms with Crippen molar-refractivity contribution in [2.45, 2.75) is 72.0 Å². The zero-order chi connectivity index (χ0) is 60.8. The van der Waals surface area contributed by atoms with Crippen molar-refractivity contribution in [2.24, 2.45) is 0 Å². The molecule has 0 bridgehead atoms. The number of carboxylic acid groups (broad SMARTS) is 1. The van der Waals surface area contributed by atoms with Crippen LogP contribution in [0, 0.1) is 43.4 Å². The van der Waals surface area contributed by atoms with E-state index in [1.807, 2.05) is 84.9 Å². The lowest BCUT2D eigenvalue weighted by Gasteiger charge is -2.32. The number of carbonyl (C=O) groups is 3. The molecule has 0 saturated carbocycles. The average Bonchev–Trinajstić information content (AvgIpc) is 2.97. The third kappa shape index (κ3) is 14.5. The Kier molecular flexibility index (Phi) is 18.2. The minimum Gasteiger partial charge on any atom is -0.478 e. The van der Waals surface area contributed by atoms with Crippen LogP contribution in [0.4, 0.5) is 26.3 Å². The summed E-state index contributed by atoms with van der Waals surface area (Å²) >= 11 is 0. The lowest BCUT2D eigenvalue weighted by Crippen LogP contribution is -2.41. The first-order valence-corrected chi connectivity index (χ1v) is 25.3. The van der Waals surface area contributed by atoms with Crippen LogP contribution in [0.1, 0.15) is 97.7 Å². The van der Waals surface area contributed by atoms with Crippen molar-refractivity contribution in [1.29, 1.82) is 10.5 Å². The first kappa shape index (κ1) is 61.1. The molecule has 4 heterocycles. The SMILES string of the molecule is COC(=O)c1cc(-c2ccc(C)cn2)cc(-c2cc(C(F)(F)F)ccc2C#N)c1.COC(=O)c1cc(B2OC(C)(C)C(C)(C)O2)cc(-c2ccc(C)cn2)c1.Cc1ccc(-c2cc(C(=O)O)cc(-c3cc(C(F)(F)F)ccc3C#N)c2)nc1. The summed E-state index contributed by atoms with van der Waals surface area (Å²) in [7, 11) is 2.02. The van der Waals surface area contributed by atoms with Crippen LogP contribution in [0.15, 0.2) is 146 Å². The van der Waals surface area contributed by atoms with Gasteiger partial charge in [0.1, 0.15) is 0 Å². The highest BCUT2D eigenvalue weighted by atomic mass is 19.4. The maximum Gasteiger partial charge on any atom is 0.494 e.